The largest absolute Gasteiger partial charge is 0.456 e. The first kappa shape index (κ1) is 27.9. The van der Waals surface area contributed by atoms with Crippen LogP contribution in [0.25, 0.3) is 75.1 Å². The SMILES string of the molecule is c1cc(-c2ccc3sc4ccccc4c3c2)cc(N(c2ccc3oc4ccccc4c3c2)c2ccccc2-c2cccc3ccccc23)c1. The van der Waals surface area contributed by atoms with E-state index in [-0.39, 0.29) is 0 Å². The van der Waals surface area contributed by atoms with E-state index in [0.29, 0.717) is 0 Å². The molecule has 2 heterocycles. The summed E-state index contributed by atoms with van der Waals surface area (Å²) in [5.41, 5.74) is 9.83. The second-order valence-electron chi connectivity index (χ2n) is 12.5. The van der Waals surface area contributed by atoms with Crippen LogP contribution in [-0.2, 0) is 0 Å². The number of nitrogens with zero attached hydrogens (tertiary/aromatic N) is 1. The van der Waals surface area contributed by atoms with Crippen LogP contribution in [0.5, 0.6) is 0 Å². The molecule has 0 fully saturated rings. The van der Waals surface area contributed by atoms with Crippen LogP contribution in [0.2, 0.25) is 0 Å². The quantitative estimate of drug-likeness (QED) is 0.186. The Morgan fingerprint density at radius 3 is 2.02 bits per heavy atom. The maximum Gasteiger partial charge on any atom is 0.135 e. The number of benzene rings is 8. The highest BCUT2D eigenvalue weighted by Gasteiger charge is 2.20. The third-order valence-electron chi connectivity index (χ3n) is 9.66. The standard InChI is InChI=1S/C46H29NOS/c1-2-15-35-30(11-1)12-10-19-36(35)37-16-3-6-20-42(37)47(34-24-25-44-40(29-34)38-17-4-7-21-43(38)48-44)33-14-9-13-31(27-33)32-23-26-46-41(28-32)39-18-5-8-22-45(39)49-46/h1-29H. The maximum atomic E-state index is 6.26. The van der Waals surface area contributed by atoms with Gasteiger partial charge < -0.3 is 9.32 Å². The monoisotopic (exact) mass is 643 g/mol. The second-order valence-corrected chi connectivity index (χ2v) is 13.6. The Balaban J connectivity index is 1.20. The summed E-state index contributed by atoms with van der Waals surface area (Å²) in [6.45, 7) is 0. The number of fused-ring (bicyclic) bond motifs is 7. The molecule has 0 atom stereocenters. The smallest absolute Gasteiger partial charge is 0.135 e. The molecule has 8 aromatic carbocycles. The number of furan rings is 1. The normalized spacial score (nSPS) is 11.7. The van der Waals surface area contributed by atoms with Gasteiger partial charge in [-0.3, -0.25) is 0 Å². The van der Waals surface area contributed by atoms with E-state index in [9.17, 15) is 0 Å². The van der Waals surface area contributed by atoms with Crippen LogP contribution in [0.4, 0.5) is 17.1 Å². The van der Waals surface area contributed by atoms with Crippen LogP contribution in [0, 0.1) is 0 Å². The van der Waals surface area contributed by atoms with Gasteiger partial charge in [0, 0.05) is 47.9 Å². The average molecular weight is 644 g/mol. The minimum atomic E-state index is 0.886. The number of anilines is 3. The minimum Gasteiger partial charge on any atom is -0.456 e. The van der Waals surface area contributed by atoms with Gasteiger partial charge in [0.1, 0.15) is 11.2 Å². The van der Waals surface area contributed by atoms with Crippen molar-refractivity contribution in [2.75, 3.05) is 4.90 Å². The van der Waals surface area contributed by atoms with Crippen molar-refractivity contribution < 1.29 is 4.42 Å². The Bertz CT molecular complexity index is 2850. The minimum absolute atomic E-state index is 0.886. The van der Waals surface area contributed by atoms with Crippen molar-refractivity contribution in [2.24, 2.45) is 0 Å². The Kier molecular flexibility index (Phi) is 6.39. The van der Waals surface area contributed by atoms with Gasteiger partial charge in [-0.05, 0) is 88.1 Å². The molecule has 0 saturated heterocycles. The molecule has 0 N–H and O–H groups in total. The molecule has 0 aliphatic heterocycles. The van der Waals surface area contributed by atoms with Gasteiger partial charge in [0.25, 0.3) is 0 Å². The lowest BCUT2D eigenvalue weighted by atomic mass is 9.95. The summed E-state index contributed by atoms with van der Waals surface area (Å²) in [5, 5.41) is 7.30. The van der Waals surface area contributed by atoms with Crippen molar-refractivity contribution in [1.82, 2.24) is 0 Å². The number of rotatable bonds is 5. The van der Waals surface area contributed by atoms with E-state index >= 15 is 0 Å². The summed E-state index contributed by atoms with van der Waals surface area (Å²) in [5.74, 6) is 0. The highest BCUT2D eigenvalue weighted by atomic mass is 32.1. The van der Waals surface area contributed by atoms with E-state index in [4.69, 9.17) is 4.42 Å². The van der Waals surface area contributed by atoms with Crippen molar-refractivity contribution >= 4 is 81.3 Å². The van der Waals surface area contributed by atoms with Gasteiger partial charge in [0.05, 0.1) is 5.69 Å². The average Bonchev–Trinajstić information content (AvgIpc) is 3.73. The Morgan fingerprint density at radius 2 is 1.06 bits per heavy atom. The van der Waals surface area contributed by atoms with Crippen LogP contribution in [0.15, 0.2) is 180 Å². The van der Waals surface area contributed by atoms with Crippen molar-refractivity contribution in [2.45, 2.75) is 0 Å². The molecule has 0 radical (unpaired) electrons. The highest BCUT2D eigenvalue weighted by Crippen LogP contribution is 2.45. The predicted octanol–water partition coefficient (Wildman–Crippen LogP) is 13.9. The summed E-state index contributed by atoms with van der Waals surface area (Å²) in [6, 6.07) is 63.4. The van der Waals surface area contributed by atoms with E-state index in [1.165, 1.54) is 53.2 Å². The molecule has 3 heteroatoms. The van der Waals surface area contributed by atoms with Gasteiger partial charge in [-0.15, -0.1) is 11.3 Å². The number of hydrogen-bond donors (Lipinski definition) is 0. The lowest BCUT2D eigenvalue weighted by Gasteiger charge is -2.28. The zero-order chi connectivity index (χ0) is 32.3. The molecule has 0 aliphatic carbocycles. The Labute approximate surface area is 287 Å². The molecular weight excluding hydrogens is 615 g/mol. The van der Waals surface area contributed by atoms with E-state index in [0.717, 1.165) is 39.0 Å². The summed E-state index contributed by atoms with van der Waals surface area (Å²) in [6.07, 6.45) is 0. The molecule has 0 spiro atoms. The molecule has 0 saturated carbocycles. The maximum absolute atomic E-state index is 6.26. The zero-order valence-electron chi connectivity index (χ0n) is 26.5. The summed E-state index contributed by atoms with van der Waals surface area (Å²) in [4.78, 5) is 2.40. The third-order valence-corrected chi connectivity index (χ3v) is 10.8. The topological polar surface area (TPSA) is 16.4 Å². The molecule has 2 nitrogen and oxygen atoms in total. The molecule has 49 heavy (non-hydrogen) atoms. The molecular formula is C46H29NOS. The molecule has 230 valence electrons. The Hall–Kier alpha value is -6.16. The first-order valence-electron chi connectivity index (χ1n) is 16.6. The van der Waals surface area contributed by atoms with Gasteiger partial charge in [-0.25, -0.2) is 0 Å². The molecule has 0 aliphatic rings. The molecule has 2 aromatic heterocycles. The van der Waals surface area contributed by atoms with Crippen molar-refractivity contribution in [3.63, 3.8) is 0 Å². The zero-order valence-corrected chi connectivity index (χ0v) is 27.3. The molecule has 10 aromatic rings. The van der Waals surface area contributed by atoms with Crippen molar-refractivity contribution in [1.29, 1.82) is 0 Å². The molecule has 0 amide bonds. The van der Waals surface area contributed by atoms with E-state index in [2.05, 4.69) is 169 Å². The van der Waals surface area contributed by atoms with Gasteiger partial charge in [-0.1, -0.05) is 115 Å². The summed E-state index contributed by atoms with van der Waals surface area (Å²) in [7, 11) is 0. The fraction of sp³-hybridized carbons (Fsp3) is 0. The van der Waals surface area contributed by atoms with Crippen LogP contribution in [0.3, 0.4) is 0 Å². The molecule has 10 rings (SSSR count). The number of thiophene rings is 1. The van der Waals surface area contributed by atoms with Crippen LogP contribution < -0.4 is 4.90 Å². The van der Waals surface area contributed by atoms with Crippen LogP contribution in [0.1, 0.15) is 0 Å². The first-order valence-corrected chi connectivity index (χ1v) is 17.4. The van der Waals surface area contributed by atoms with E-state index < -0.39 is 0 Å². The van der Waals surface area contributed by atoms with Crippen molar-refractivity contribution in [3.8, 4) is 22.3 Å². The summed E-state index contributed by atoms with van der Waals surface area (Å²) >= 11 is 1.85. The molecule has 0 unspecified atom stereocenters. The van der Waals surface area contributed by atoms with Crippen molar-refractivity contribution in [3.05, 3.63) is 176 Å². The summed E-state index contributed by atoms with van der Waals surface area (Å²) < 4.78 is 8.89. The number of hydrogen-bond acceptors (Lipinski definition) is 3. The van der Waals surface area contributed by atoms with Gasteiger partial charge in [0.15, 0.2) is 0 Å². The molecule has 0 bridgehead atoms. The van der Waals surface area contributed by atoms with E-state index in [1.54, 1.807) is 0 Å². The van der Waals surface area contributed by atoms with Gasteiger partial charge >= 0.3 is 0 Å². The van der Waals surface area contributed by atoms with Crippen LogP contribution in [-0.4, -0.2) is 0 Å². The van der Waals surface area contributed by atoms with Crippen LogP contribution >= 0.6 is 11.3 Å². The van der Waals surface area contributed by atoms with E-state index in [1.807, 2.05) is 23.5 Å². The lowest BCUT2D eigenvalue weighted by molar-refractivity contribution is 0.669. The third kappa shape index (κ3) is 4.62. The fourth-order valence-electron chi connectivity index (χ4n) is 7.37. The van der Waals surface area contributed by atoms with Gasteiger partial charge in [-0.2, -0.15) is 0 Å². The second kappa shape index (κ2) is 11.2. The van der Waals surface area contributed by atoms with Gasteiger partial charge in [0.2, 0.25) is 0 Å². The lowest BCUT2D eigenvalue weighted by Crippen LogP contribution is -2.11. The first-order chi connectivity index (χ1) is 24.3. The predicted molar refractivity (Wildman–Crippen MR) is 210 cm³/mol. The highest BCUT2D eigenvalue weighted by molar-refractivity contribution is 7.25. The fourth-order valence-corrected chi connectivity index (χ4v) is 8.45. The number of para-hydroxylation sites is 2. The Morgan fingerprint density at radius 1 is 0.388 bits per heavy atom.